The molecule has 3 rings (SSSR count). The molecule has 0 saturated carbocycles. The summed E-state index contributed by atoms with van der Waals surface area (Å²) in [6.07, 6.45) is 2.70. The highest BCUT2D eigenvalue weighted by atomic mass is 16.4. The molecule has 0 aromatic heterocycles. The summed E-state index contributed by atoms with van der Waals surface area (Å²) in [5.41, 5.74) is 2.54. The molecule has 0 fully saturated rings. The zero-order valence-electron chi connectivity index (χ0n) is 12.7. The maximum atomic E-state index is 12.5. The van der Waals surface area contributed by atoms with Gasteiger partial charge in [0, 0.05) is 18.3 Å². The van der Waals surface area contributed by atoms with Crippen molar-refractivity contribution < 1.29 is 14.7 Å². The fourth-order valence-electron chi connectivity index (χ4n) is 3.09. The third-order valence-corrected chi connectivity index (χ3v) is 4.02. The van der Waals surface area contributed by atoms with Gasteiger partial charge in [0.05, 0.1) is 16.9 Å². The molecule has 0 radical (unpaired) electrons. The van der Waals surface area contributed by atoms with Gasteiger partial charge >= 0.3 is 5.97 Å². The number of allylic oxidation sites excluding steroid dienone is 2. The smallest absolute Gasteiger partial charge is 0.323 e. The van der Waals surface area contributed by atoms with Crippen molar-refractivity contribution in [1.29, 1.82) is 0 Å². The summed E-state index contributed by atoms with van der Waals surface area (Å²) in [5.74, 6) is -0.905. The quantitative estimate of drug-likeness (QED) is 0.911. The molecule has 0 atom stereocenters. The van der Waals surface area contributed by atoms with Crippen LogP contribution in [0.25, 0.3) is 0 Å². The van der Waals surface area contributed by atoms with Gasteiger partial charge in [0.1, 0.15) is 6.54 Å². The first-order valence-corrected chi connectivity index (χ1v) is 7.26. The van der Waals surface area contributed by atoms with Crippen LogP contribution in [0.1, 0.15) is 26.7 Å². The number of para-hydroxylation sites is 2. The number of anilines is 1. The van der Waals surface area contributed by atoms with Gasteiger partial charge in [-0.15, -0.1) is 0 Å². The maximum absolute atomic E-state index is 12.5. The largest absolute Gasteiger partial charge is 0.480 e. The predicted molar refractivity (Wildman–Crippen MR) is 84.6 cm³/mol. The number of fused-ring (bicyclic) bond motifs is 1. The molecule has 1 aromatic rings. The summed E-state index contributed by atoms with van der Waals surface area (Å²) in [5, 5.41) is 9.28. The predicted octanol–water partition coefficient (Wildman–Crippen LogP) is 2.94. The van der Waals surface area contributed by atoms with Crippen LogP contribution in [-0.2, 0) is 9.59 Å². The number of aliphatic imine (C=N–C) groups is 1. The summed E-state index contributed by atoms with van der Waals surface area (Å²) < 4.78 is 0. The number of aliphatic carboxylic acids is 1. The van der Waals surface area contributed by atoms with Gasteiger partial charge in [-0.05, 0) is 24.0 Å². The van der Waals surface area contributed by atoms with Gasteiger partial charge in [0.15, 0.2) is 5.78 Å². The molecule has 1 aromatic carbocycles. The number of Topliss-reactive ketones (excluding diaryl/α,β-unsaturated/α-hetero) is 1. The highest BCUT2D eigenvalue weighted by Gasteiger charge is 2.36. The molecule has 1 heterocycles. The molecule has 0 bridgehead atoms. The lowest BCUT2D eigenvalue weighted by Gasteiger charge is -2.36. The van der Waals surface area contributed by atoms with E-state index in [4.69, 9.17) is 0 Å². The highest BCUT2D eigenvalue weighted by molar-refractivity contribution is 6.16. The third kappa shape index (κ3) is 2.54. The lowest BCUT2D eigenvalue weighted by atomic mass is 9.75. The Morgan fingerprint density at radius 1 is 1.32 bits per heavy atom. The number of hydrogen-bond acceptors (Lipinski definition) is 4. The monoisotopic (exact) mass is 298 g/mol. The molecule has 5 heteroatoms. The summed E-state index contributed by atoms with van der Waals surface area (Å²) in [7, 11) is 0. The normalized spacial score (nSPS) is 19.5. The van der Waals surface area contributed by atoms with Crippen LogP contribution in [-0.4, -0.2) is 29.6 Å². The molecule has 0 amide bonds. The van der Waals surface area contributed by atoms with E-state index >= 15 is 0 Å². The van der Waals surface area contributed by atoms with Crippen molar-refractivity contribution in [3.8, 4) is 0 Å². The summed E-state index contributed by atoms with van der Waals surface area (Å²) in [6, 6.07) is 7.38. The van der Waals surface area contributed by atoms with E-state index in [0.717, 1.165) is 11.4 Å². The minimum absolute atomic E-state index is 0.0261. The third-order valence-electron chi connectivity index (χ3n) is 4.02. The van der Waals surface area contributed by atoms with E-state index in [0.29, 0.717) is 24.1 Å². The lowest BCUT2D eigenvalue weighted by molar-refractivity contribution is -0.135. The first-order valence-electron chi connectivity index (χ1n) is 7.26. The van der Waals surface area contributed by atoms with E-state index in [-0.39, 0.29) is 17.7 Å². The van der Waals surface area contributed by atoms with Crippen molar-refractivity contribution >= 4 is 29.3 Å². The minimum Gasteiger partial charge on any atom is -0.480 e. The molecule has 114 valence electrons. The van der Waals surface area contributed by atoms with Crippen LogP contribution in [0.2, 0.25) is 0 Å². The van der Waals surface area contributed by atoms with Crippen molar-refractivity contribution in [2.75, 3.05) is 11.4 Å². The Morgan fingerprint density at radius 3 is 2.77 bits per heavy atom. The zero-order valence-corrected chi connectivity index (χ0v) is 12.7. The average molecular weight is 298 g/mol. The number of carboxylic acids is 1. The van der Waals surface area contributed by atoms with E-state index < -0.39 is 5.97 Å². The Hall–Kier alpha value is -2.43. The van der Waals surface area contributed by atoms with Crippen LogP contribution >= 0.6 is 0 Å². The topological polar surface area (TPSA) is 70.0 Å². The number of carbonyl (C=O) groups is 2. The Morgan fingerprint density at radius 2 is 2.05 bits per heavy atom. The summed E-state index contributed by atoms with van der Waals surface area (Å²) in [6.45, 7) is 3.88. The zero-order chi connectivity index (χ0) is 15.9. The summed E-state index contributed by atoms with van der Waals surface area (Å²) in [4.78, 5) is 29.9. The molecular formula is C17H18N2O3. The average Bonchev–Trinajstić information content (AvgIpc) is 2.56. The molecule has 0 spiro atoms. The first kappa shape index (κ1) is 14.5. The van der Waals surface area contributed by atoms with Crippen LogP contribution in [0.4, 0.5) is 11.4 Å². The first-order chi connectivity index (χ1) is 10.4. The van der Waals surface area contributed by atoms with Gasteiger partial charge < -0.3 is 10.0 Å². The highest BCUT2D eigenvalue weighted by Crippen LogP contribution is 2.42. The number of ketones is 1. The van der Waals surface area contributed by atoms with E-state index in [1.807, 2.05) is 38.1 Å². The number of carboxylic acid groups (broad SMARTS) is 1. The second-order valence-electron chi connectivity index (χ2n) is 6.53. The Balaban J connectivity index is 2.18. The number of benzene rings is 1. The Bertz CT molecular complexity index is 716. The molecule has 0 saturated heterocycles. The van der Waals surface area contributed by atoms with Gasteiger partial charge in [0.25, 0.3) is 0 Å². The lowest BCUT2D eigenvalue weighted by Crippen LogP contribution is -2.37. The minimum atomic E-state index is -0.931. The second-order valence-corrected chi connectivity index (χ2v) is 6.53. The summed E-state index contributed by atoms with van der Waals surface area (Å²) >= 11 is 0. The van der Waals surface area contributed by atoms with Gasteiger partial charge in [-0.2, -0.15) is 0 Å². The molecule has 0 unspecified atom stereocenters. The van der Waals surface area contributed by atoms with Crippen LogP contribution in [0, 0.1) is 5.41 Å². The molecule has 2 aliphatic rings. The van der Waals surface area contributed by atoms with Crippen molar-refractivity contribution in [1.82, 2.24) is 0 Å². The maximum Gasteiger partial charge on any atom is 0.323 e. The van der Waals surface area contributed by atoms with E-state index in [1.165, 1.54) is 0 Å². The molecular weight excluding hydrogens is 280 g/mol. The fourth-order valence-corrected chi connectivity index (χ4v) is 3.09. The SMILES string of the molecule is CC1(C)CC(=O)C2=C(C1)N(CC(=O)O)c1ccccc1N=C2. The van der Waals surface area contributed by atoms with E-state index in [1.54, 1.807) is 11.1 Å². The number of hydrogen-bond donors (Lipinski definition) is 1. The standard InChI is InChI=1S/C17H18N2O3/c1-17(2)7-14-11(15(20)8-17)9-18-12-5-3-4-6-13(12)19(14)10-16(21)22/h3-6,9H,7-8,10H2,1-2H3,(H,21,22). The van der Waals surface area contributed by atoms with Crippen molar-refractivity contribution in [3.63, 3.8) is 0 Å². The van der Waals surface area contributed by atoms with Crippen molar-refractivity contribution in [2.24, 2.45) is 10.4 Å². The van der Waals surface area contributed by atoms with E-state index in [9.17, 15) is 14.7 Å². The Labute approximate surface area is 129 Å². The molecule has 5 nitrogen and oxygen atoms in total. The van der Waals surface area contributed by atoms with E-state index in [2.05, 4.69) is 4.99 Å². The molecule has 1 aliphatic heterocycles. The molecule has 1 N–H and O–H groups in total. The van der Waals surface area contributed by atoms with Crippen LogP contribution in [0.5, 0.6) is 0 Å². The van der Waals surface area contributed by atoms with Crippen molar-refractivity contribution in [2.45, 2.75) is 26.7 Å². The van der Waals surface area contributed by atoms with Gasteiger partial charge in [0.2, 0.25) is 0 Å². The van der Waals surface area contributed by atoms with Crippen LogP contribution in [0.15, 0.2) is 40.5 Å². The van der Waals surface area contributed by atoms with Crippen molar-refractivity contribution in [3.05, 3.63) is 35.5 Å². The second kappa shape index (κ2) is 5.09. The molecule has 1 aliphatic carbocycles. The number of rotatable bonds is 2. The van der Waals surface area contributed by atoms with Gasteiger partial charge in [-0.1, -0.05) is 26.0 Å². The Kier molecular flexibility index (Phi) is 3.35. The number of nitrogens with zero attached hydrogens (tertiary/aromatic N) is 2. The van der Waals surface area contributed by atoms with Crippen LogP contribution in [0.3, 0.4) is 0 Å². The van der Waals surface area contributed by atoms with Gasteiger partial charge in [-0.25, -0.2) is 0 Å². The molecule has 22 heavy (non-hydrogen) atoms. The van der Waals surface area contributed by atoms with Gasteiger partial charge in [-0.3, -0.25) is 14.6 Å². The number of carbonyl (C=O) groups excluding carboxylic acids is 1. The fraction of sp³-hybridized carbons (Fsp3) is 0.353. The van der Waals surface area contributed by atoms with Crippen LogP contribution < -0.4 is 4.90 Å².